The lowest BCUT2D eigenvalue weighted by molar-refractivity contribution is -0.137. The highest BCUT2D eigenvalue weighted by atomic mass is 16.4. The Morgan fingerprint density at radius 1 is 1.13 bits per heavy atom. The first-order valence-corrected chi connectivity index (χ1v) is 12.8. The Bertz CT molecular complexity index is 577. The van der Waals surface area contributed by atoms with Crippen molar-refractivity contribution in [3.05, 3.63) is 0 Å². The number of hydrogen-bond donors (Lipinski definition) is 3. The van der Waals surface area contributed by atoms with Crippen molar-refractivity contribution in [3.8, 4) is 0 Å². The van der Waals surface area contributed by atoms with Gasteiger partial charge in [-0.05, 0) is 98.2 Å². The number of hydrogen-bond acceptors (Lipinski definition) is 3. The number of carbonyl (C=O) groups is 1. The number of carboxylic acids is 1. The summed E-state index contributed by atoms with van der Waals surface area (Å²) in [5, 5.41) is 31.3. The predicted molar refractivity (Wildman–Crippen MR) is 120 cm³/mol. The van der Waals surface area contributed by atoms with Gasteiger partial charge >= 0.3 is 5.97 Å². The molecule has 10 atom stereocenters. The number of aliphatic carboxylic acids is 1. The molecule has 4 nitrogen and oxygen atoms in total. The van der Waals surface area contributed by atoms with Crippen LogP contribution in [0.5, 0.6) is 0 Å². The average Bonchev–Trinajstić information content (AvgIpc) is 3.03. The topological polar surface area (TPSA) is 77.8 Å². The van der Waals surface area contributed by atoms with Crippen LogP contribution in [0, 0.1) is 46.8 Å². The number of aliphatic hydroxyl groups excluding tert-OH is 2. The Morgan fingerprint density at radius 3 is 2.53 bits per heavy atom. The molecule has 0 aromatic carbocycles. The van der Waals surface area contributed by atoms with Crippen LogP contribution in [0.15, 0.2) is 0 Å². The lowest BCUT2D eigenvalue weighted by Gasteiger charge is -2.53. The zero-order chi connectivity index (χ0) is 22.1. The smallest absolute Gasteiger partial charge is 0.303 e. The minimum Gasteiger partial charge on any atom is -0.481 e. The van der Waals surface area contributed by atoms with Crippen LogP contribution in [-0.4, -0.2) is 33.5 Å². The molecule has 3 rings (SSSR count). The fraction of sp³-hybridized carbons (Fsp3) is 0.962. The summed E-state index contributed by atoms with van der Waals surface area (Å²) >= 11 is 0. The molecule has 4 heteroatoms. The molecule has 3 aliphatic rings. The Morgan fingerprint density at radius 2 is 1.87 bits per heavy atom. The molecule has 0 saturated heterocycles. The van der Waals surface area contributed by atoms with Crippen molar-refractivity contribution >= 4 is 5.97 Å². The molecule has 174 valence electrons. The van der Waals surface area contributed by atoms with E-state index in [1.54, 1.807) is 0 Å². The van der Waals surface area contributed by atoms with Crippen LogP contribution in [0.1, 0.15) is 98.3 Å². The third-order valence-corrected chi connectivity index (χ3v) is 9.84. The summed E-state index contributed by atoms with van der Waals surface area (Å²) in [6, 6.07) is 0. The van der Waals surface area contributed by atoms with Crippen LogP contribution in [0.2, 0.25) is 0 Å². The molecule has 0 aromatic rings. The second kappa shape index (κ2) is 9.90. The van der Waals surface area contributed by atoms with E-state index in [1.165, 1.54) is 25.7 Å². The first kappa shape index (κ1) is 24.0. The van der Waals surface area contributed by atoms with Gasteiger partial charge in [-0.3, -0.25) is 4.79 Å². The summed E-state index contributed by atoms with van der Waals surface area (Å²) in [7, 11) is 0. The van der Waals surface area contributed by atoms with Crippen molar-refractivity contribution in [2.24, 2.45) is 46.8 Å². The Kier molecular flexibility index (Phi) is 7.93. The van der Waals surface area contributed by atoms with E-state index in [4.69, 9.17) is 5.11 Å². The van der Waals surface area contributed by atoms with Crippen LogP contribution in [0.4, 0.5) is 0 Å². The second-order valence-corrected chi connectivity index (χ2v) is 11.4. The van der Waals surface area contributed by atoms with Gasteiger partial charge < -0.3 is 15.3 Å². The summed E-state index contributed by atoms with van der Waals surface area (Å²) in [6.45, 7) is 9.15. The van der Waals surface area contributed by atoms with E-state index >= 15 is 0 Å². The minimum absolute atomic E-state index is 0.224. The highest BCUT2D eigenvalue weighted by Gasteiger charge is 2.57. The van der Waals surface area contributed by atoms with Crippen molar-refractivity contribution in [2.45, 2.75) is 111 Å². The molecule has 0 spiro atoms. The fourth-order valence-corrected chi connectivity index (χ4v) is 8.26. The molecule has 0 radical (unpaired) electrons. The highest BCUT2D eigenvalue weighted by molar-refractivity contribution is 5.66. The molecular weight excluding hydrogens is 376 g/mol. The van der Waals surface area contributed by atoms with Gasteiger partial charge in [0.15, 0.2) is 0 Å². The van der Waals surface area contributed by atoms with Crippen LogP contribution in [0.3, 0.4) is 0 Å². The van der Waals surface area contributed by atoms with Crippen LogP contribution >= 0.6 is 0 Å². The molecule has 3 saturated carbocycles. The zero-order valence-corrected chi connectivity index (χ0v) is 19.7. The molecule has 0 heterocycles. The fourth-order valence-electron chi connectivity index (χ4n) is 8.26. The van der Waals surface area contributed by atoms with E-state index in [-0.39, 0.29) is 30.0 Å². The van der Waals surface area contributed by atoms with Gasteiger partial charge in [-0.25, -0.2) is 0 Å². The van der Waals surface area contributed by atoms with Crippen molar-refractivity contribution < 1.29 is 20.1 Å². The summed E-state index contributed by atoms with van der Waals surface area (Å²) in [6.07, 6.45) is 10.2. The normalized spacial score (nSPS) is 45.9. The molecule has 0 aliphatic heterocycles. The quantitative estimate of drug-likeness (QED) is 0.546. The van der Waals surface area contributed by atoms with Crippen LogP contribution in [0.25, 0.3) is 0 Å². The van der Waals surface area contributed by atoms with E-state index in [9.17, 15) is 15.0 Å². The van der Waals surface area contributed by atoms with Gasteiger partial charge in [0, 0.05) is 6.42 Å². The third kappa shape index (κ3) is 4.75. The van der Waals surface area contributed by atoms with Crippen molar-refractivity contribution in [1.29, 1.82) is 0 Å². The van der Waals surface area contributed by atoms with Gasteiger partial charge in [0.1, 0.15) is 0 Å². The van der Waals surface area contributed by atoms with E-state index in [1.807, 2.05) is 0 Å². The molecule has 0 aromatic heterocycles. The Labute approximate surface area is 183 Å². The SMILES string of the molecule is CC[C@H]1[C@@H](O)[C@@H]2[C@@H](CCC[C@@H](O)C[C@@H]1C)CC[C@]1(C)[C@@H]([C@H](C)CCC(=O)O)CC[C@@H]21. The zero-order valence-electron chi connectivity index (χ0n) is 19.7. The maximum absolute atomic E-state index is 11.7. The van der Waals surface area contributed by atoms with E-state index in [2.05, 4.69) is 27.7 Å². The van der Waals surface area contributed by atoms with E-state index in [0.29, 0.717) is 35.5 Å². The largest absolute Gasteiger partial charge is 0.481 e. The summed E-state index contributed by atoms with van der Waals surface area (Å²) in [5.74, 6) is 2.41. The van der Waals surface area contributed by atoms with Crippen molar-refractivity contribution in [3.63, 3.8) is 0 Å². The number of carboxylic acid groups (broad SMARTS) is 1. The van der Waals surface area contributed by atoms with Gasteiger partial charge in [0.2, 0.25) is 0 Å². The van der Waals surface area contributed by atoms with E-state index < -0.39 is 5.97 Å². The van der Waals surface area contributed by atoms with Gasteiger partial charge in [-0.15, -0.1) is 0 Å². The molecule has 30 heavy (non-hydrogen) atoms. The van der Waals surface area contributed by atoms with Gasteiger partial charge in [0.25, 0.3) is 0 Å². The standard InChI is InChI=1S/C26H46O4/c1-5-20-17(3)15-19(27)8-6-7-18-13-14-26(4)21(16(2)9-12-23(28)29)10-11-22(26)24(18)25(20)30/h16-22,24-25,27,30H,5-15H2,1-4H3,(H,28,29)/t16-,17+,18+,19-,20-,21-,22+,24-,25-,26-/m1/s1. The number of aliphatic hydroxyl groups is 2. The predicted octanol–water partition coefficient (Wildman–Crippen LogP) is 5.50. The van der Waals surface area contributed by atoms with Gasteiger partial charge in [-0.1, -0.05) is 40.5 Å². The first-order valence-electron chi connectivity index (χ1n) is 12.8. The second-order valence-electron chi connectivity index (χ2n) is 11.4. The molecular formula is C26H46O4. The maximum Gasteiger partial charge on any atom is 0.303 e. The monoisotopic (exact) mass is 422 g/mol. The van der Waals surface area contributed by atoms with Crippen molar-refractivity contribution in [1.82, 2.24) is 0 Å². The van der Waals surface area contributed by atoms with Crippen LogP contribution < -0.4 is 0 Å². The molecule has 3 aliphatic carbocycles. The molecule has 0 unspecified atom stereocenters. The van der Waals surface area contributed by atoms with Gasteiger partial charge in [-0.2, -0.15) is 0 Å². The minimum atomic E-state index is -0.685. The highest BCUT2D eigenvalue weighted by Crippen LogP contribution is 2.63. The van der Waals surface area contributed by atoms with Crippen LogP contribution in [-0.2, 0) is 4.79 Å². The number of fused-ring (bicyclic) bond motifs is 3. The molecule has 0 amide bonds. The lowest BCUT2D eigenvalue weighted by Crippen LogP contribution is -2.50. The Hall–Kier alpha value is -0.610. The Balaban J connectivity index is 1.84. The van der Waals surface area contributed by atoms with E-state index in [0.717, 1.165) is 38.5 Å². The maximum atomic E-state index is 11.7. The number of rotatable bonds is 5. The lowest BCUT2D eigenvalue weighted by atomic mass is 9.53. The van der Waals surface area contributed by atoms with Gasteiger partial charge in [0.05, 0.1) is 12.2 Å². The molecule has 3 fully saturated rings. The third-order valence-electron chi connectivity index (χ3n) is 9.84. The summed E-state index contributed by atoms with van der Waals surface area (Å²) in [5.41, 5.74) is 0.227. The first-order chi connectivity index (χ1) is 14.2. The summed E-state index contributed by atoms with van der Waals surface area (Å²) < 4.78 is 0. The summed E-state index contributed by atoms with van der Waals surface area (Å²) in [4.78, 5) is 11.1. The molecule has 0 bridgehead atoms. The average molecular weight is 423 g/mol. The molecule has 3 N–H and O–H groups in total. The van der Waals surface area contributed by atoms with Crippen molar-refractivity contribution in [2.75, 3.05) is 0 Å².